The van der Waals surface area contributed by atoms with Crippen molar-refractivity contribution in [2.45, 2.75) is 6.92 Å². The molecular weight excluding hydrogens is 420 g/mol. The molecule has 0 atom stereocenters. The van der Waals surface area contributed by atoms with E-state index < -0.39 is 23.6 Å². The molecule has 8 nitrogen and oxygen atoms in total. The first-order valence-corrected chi connectivity index (χ1v) is 10.1. The first-order valence-electron chi connectivity index (χ1n) is 9.28. The smallest absolute Gasteiger partial charge is 0.294 e. The van der Waals surface area contributed by atoms with Crippen LogP contribution < -0.4 is 19.5 Å². The molecule has 0 unspecified atom stereocenters. The minimum Gasteiger partial charge on any atom is -0.495 e. The molecule has 1 saturated heterocycles. The van der Waals surface area contributed by atoms with E-state index in [9.17, 15) is 14.4 Å². The maximum Gasteiger partial charge on any atom is 0.294 e. The van der Waals surface area contributed by atoms with Crippen LogP contribution in [0.5, 0.6) is 17.2 Å². The molecule has 1 fully saturated rings. The summed E-state index contributed by atoms with van der Waals surface area (Å²) in [6.07, 6.45) is 1.61. The minimum absolute atomic E-state index is 0.227. The molecule has 1 heterocycles. The standard InChI is InChI=1S/C22H22N2O6S/c1-13-9-17(29-3)18(30-4)10-14(13)11-19-21(26)24(22(27)31-19)12-20(25)23-15-7-5-6-8-16(15)28-2/h5-11H,12H2,1-4H3,(H,23,25)/b19-11-. The highest BCUT2D eigenvalue weighted by atomic mass is 32.2. The van der Waals surface area contributed by atoms with Crippen LogP contribution in [0.25, 0.3) is 6.08 Å². The summed E-state index contributed by atoms with van der Waals surface area (Å²) in [5.41, 5.74) is 2.01. The van der Waals surface area contributed by atoms with Gasteiger partial charge < -0.3 is 19.5 Å². The van der Waals surface area contributed by atoms with Crippen LogP contribution in [0.3, 0.4) is 0 Å². The van der Waals surface area contributed by atoms with Gasteiger partial charge in [-0.25, -0.2) is 0 Å². The Balaban J connectivity index is 1.77. The molecule has 0 spiro atoms. The van der Waals surface area contributed by atoms with Gasteiger partial charge in [0.15, 0.2) is 11.5 Å². The van der Waals surface area contributed by atoms with E-state index in [2.05, 4.69) is 5.32 Å². The zero-order valence-electron chi connectivity index (χ0n) is 17.6. The van der Waals surface area contributed by atoms with Gasteiger partial charge >= 0.3 is 0 Å². The number of hydrogen-bond acceptors (Lipinski definition) is 7. The third-order valence-corrected chi connectivity index (χ3v) is 5.52. The van der Waals surface area contributed by atoms with Crippen molar-refractivity contribution in [1.82, 2.24) is 4.90 Å². The molecule has 0 radical (unpaired) electrons. The van der Waals surface area contributed by atoms with Crippen molar-refractivity contribution >= 4 is 40.6 Å². The van der Waals surface area contributed by atoms with Gasteiger partial charge in [-0.15, -0.1) is 0 Å². The number of benzene rings is 2. The van der Waals surface area contributed by atoms with E-state index in [1.807, 2.05) is 6.92 Å². The van der Waals surface area contributed by atoms with E-state index in [0.29, 0.717) is 28.5 Å². The Morgan fingerprint density at radius 2 is 1.68 bits per heavy atom. The quantitative estimate of drug-likeness (QED) is 0.654. The maximum atomic E-state index is 12.8. The fourth-order valence-corrected chi connectivity index (χ4v) is 3.84. The molecule has 31 heavy (non-hydrogen) atoms. The Labute approximate surface area is 184 Å². The molecule has 3 amide bonds. The van der Waals surface area contributed by atoms with Crippen molar-refractivity contribution in [2.24, 2.45) is 0 Å². The summed E-state index contributed by atoms with van der Waals surface area (Å²) in [6.45, 7) is 1.46. The van der Waals surface area contributed by atoms with E-state index in [1.165, 1.54) is 14.2 Å². The molecule has 0 bridgehead atoms. The number of hydrogen-bond donors (Lipinski definition) is 1. The third kappa shape index (κ3) is 4.83. The van der Waals surface area contributed by atoms with Crippen molar-refractivity contribution in [3.05, 3.63) is 52.4 Å². The lowest BCUT2D eigenvalue weighted by atomic mass is 10.1. The second kappa shape index (κ2) is 9.57. The molecular formula is C22H22N2O6S. The Bertz CT molecular complexity index is 1070. The van der Waals surface area contributed by atoms with Crippen molar-refractivity contribution in [3.8, 4) is 17.2 Å². The van der Waals surface area contributed by atoms with Crippen LogP contribution in [0.1, 0.15) is 11.1 Å². The maximum absolute atomic E-state index is 12.8. The van der Waals surface area contributed by atoms with Crippen LogP contribution in [0.2, 0.25) is 0 Å². The van der Waals surface area contributed by atoms with E-state index in [4.69, 9.17) is 14.2 Å². The molecule has 0 saturated carbocycles. The number of nitrogens with one attached hydrogen (secondary N) is 1. The molecule has 162 valence electrons. The summed E-state index contributed by atoms with van der Waals surface area (Å²) in [5.74, 6) is 0.525. The molecule has 1 N–H and O–H groups in total. The fraction of sp³-hybridized carbons (Fsp3) is 0.227. The highest BCUT2D eigenvalue weighted by Gasteiger charge is 2.36. The average Bonchev–Trinajstić information content (AvgIpc) is 3.02. The first kappa shape index (κ1) is 22.2. The summed E-state index contributed by atoms with van der Waals surface area (Å²) < 4.78 is 15.8. The Morgan fingerprint density at radius 3 is 2.35 bits per heavy atom. The molecule has 3 rings (SSSR count). The Morgan fingerprint density at radius 1 is 1.03 bits per heavy atom. The predicted octanol–water partition coefficient (Wildman–Crippen LogP) is 3.70. The second-order valence-corrected chi connectivity index (χ2v) is 7.57. The normalized spacial score (nSPS) is 14.7. The van der Waals surface area contributed by atoms with Crippen molar-refractivity contribution in [2.75, 3.05) is 33.2 Å². The molecule has 2 aromatic rings. The van der Waals surface area contributed by atoms with Crippen LogP contribution in [-0.4, -0.2) is 49.8 Å². The van der Waals surface area contributed by atoms with Crippen molar-refractivity contribution in [3.63, 3.8) is 0 Å². The number of thioether (sulfide) groups is 1. The summed E-state index contributed by atoms with van der Waals surface area (Å²) in [4.78, 5) is 38.7. The van der Waals surface area contributed by atoms with Gasteiger partial charge in [0.1, 0.15) is 12.3 Å². The molecule has 2 aromatic carbocycles. The number of anilines is 1. The number of imide groups is 1. The molecule has 1 aliphatic heterocycles. The van der Waals surface area contributed by atoms with E-state index in [1.54, 1.807) is 49.6 Å². The lowest BCUT2D eigenvalue weighted by Gasteiger charge is -2.14. The van der Waals surface area contributed by atoms with Gasteiger partial charge in [-0.05, 0) is 60.2 Å². The molecule has 9 heteroatoms. The van der Waals surface area contributed by atoms with Gasteiger partial charge in [0.2, 0.25) is 5.91 Å². The van der Waals surface area contributed by atoms with Crippen LogP contribution in [-0.2, 0) is 9.59 Å². The van der Waals surface area contributed by atoms with E-state index in [-0.39, 0.29) is 4.91 Å². The number of nitrogens with zero attached hydrogens (tertiary/aromatic N) is 1. The zero-order chi connectivity index (χ0) is 22.5. The molecule has 0 aliphatic carbocycles. The number of carbonyl (C=O) groups is 3. The topological polar surface area (TPSA) is 94.2 Å². The monoisotopic (exact) mass is 442 g/mol. The summed E-state index contributed by atoms with van der Waals surface area (Å²) >= 11 is 0.786. The van der Waals surface area contributed by atoms with Gasteiger partial charge in [-0.3, -0.25) is 19.3 Å². The van der Waals surface area contributed by atoms with Gasteiger partial charge in [0, 0.05) is 0 Å². The summed E-state index contributed by atoms with van der Waals surface area (Å²) in [5, 5.41) is 2.15. The minimum atomic E-state index is -0.528. The van der Waals surface area contributed by atoms with Crippen LogP contribution in [0.15, 0.2) is 41.3 Å². The van der Waals surface area contributed by atoms with Gasteiger partial charge in [0.25, 0.3) is 11.1 Å². The number of methoxy groups -OCH3 is 3. The number of para-hydroxylation sites is 2. The second-order valence-electron chi connectivity index (χ2n) is 6.58. The highest BCUT2D eigenvalue weighted by Crippen LogP contribution is 2.36. The van der Waals surface area contributed by atoms with Crippen LogP contribution in [0, 0.1) is 6.92 Å². The van der Waals surface area contributed by atoms with Gasteiger partial charge in [-0.2, -0.15) is 0 Å². The fourth-order valence-electron chi connectivity index (χ4n) is 3.01. The molecule has 1 aliphatic rings. The number of carbonyl (C=O) groups excluding carboxylic acids is 3. The van der Waals surface area contributed by atoms with E-state index >= 15 is 0 Å². The number of amides is 3. The largest absolute Gasteiger partial charge is 0.495 e. The average molecular weight is 442 g/mol. The number of rotatable bonds is 7. The van der Waals surface area contributed by atoms with Crippen LogP contribution in [0.4, 0.5) is 10.5 Å². The Kier molecular flexibility index (Phi) is 6.86. The Hall–Kier alpha value is -3.46. The first-order chi connectivity index (χ1) is 14.9. The van der Waals surface area contributed by atoms with E-state index in [0.717, 1.165) is 22.2 Å². The zero-order valence-corrected chi connectivity index (χ0v) is 18.4. The lowest BCUT2D eigenvalue weighted by molar-refractivity contribution is -0.127. The predicted molar refractivity (Wildman–Crippen MR) is 119 cm³/mol. The lowest BCUT2D eigenvalue weighted by Crippen LogP contribution is -2.36. The summed E-state index contributed by atoms with van der Waals surface area (Å²) in [6, 6.07) is 10.4. The number of ether oxygens (including phenoxy) is 3. The number of aryl methyl sites for hydroxylation is 1. The summed E-state index contributed by atoms with van der Waals surface area (Å²) in [7, 11) is 4.55. The van der Waals surface area contributed by atoms with Gasteiger partial charge in [-0.1, -0.05) is 12.1 Å². The van der Waals surface area contributed by atoms with Crippen molar-refractivity contribution < 1.29 is 28.6 Å². The van der Waals surface area contributed by atoms with Gasteiger partial charge in [0.05, 0.1) is 31.9 Å². The third-order valence-electron chi connectivity index (χ3n) is 4.62. The van der Waals surface area contributed by atoms with Crippen LogP contribution >= 0.6 is 11.8 Å². The van der Waals surface area contributed by atoms with Crippen molar-refractivity contribution in [1.29, 1.82) is 0 Å². The highest BCUT2D eigenvalue weighted by molar-refractivity contribution is 8.18. The molecule has 0 aromatic heterocycles. The SMILES string of the molecule is COc1ccccc1NC(=O)CN1C(=O)S/C(=C\c2cc(OC)c(OC)cc2C)C1=O.